The predicted octanol–water partition coefficient (Wildman–Crippen LogP) is 3.41. The maximum absolute atomic E-state index is 12.6. The fourth-order valence-electron chi connectivity index (χ4n) is 3.25. The summed E-state index contributed by atoms with van der Waals surface area (Å²) >= 11 is 0. The molecule has 25 heavy (non-hydrogen) atoms. The summed E-state index contributed by atoms with van der Waals surface area (Å²) in [6.07, 6.45) is 1.82. The smallest absolute Gasteiger partial charge is 0.335 e. The zero-order valence-corrected chi connectivity index (χ0v) is 14.1. The van der Waals surface area contributed by atoms with E-state index in [1.165, 1.54) is 17.7 Å². The summed E-state index contributed by atoms with van der Waals surface area (Å²) < 4.78 is 5.28. The molecule has 5 nitrogen and oxygen atoms in total. The normalized spacial score (nSPS) is 15.0. The van der Waals surface area contributed by atoms with Crippen LogP contribution in [0.4, 0.5) is 0 Å². The molecule has 130 valence electrons. The molecule has 0 aliphatic carbocycles. The first-order valence-electron chi connectivity index (χ1n) is 8.35. The van der Waals surface area contributed by atoms with Crippen molar-refractivity contribution in [3.8, 4) is 5.75 Å². The highest BCUT2D eigenvalue weighted by Gasteiger charge is 2.24. The maximum Gasteiger partial charge on any atom is 0.335 e. The van der Waals surface area contributed by atoms with Gasteiger partial charge in [0.05, 0.1) is 12.7 Å². The molecule has 0 radical (unpaired) electrons. The van der Waals surface area contributed by atoms with Gasteiger partial charge < -0.3 is 14.7 Å². The van der Waals surface area contributed by atoms with Crippen molar-refractivity contribution in [3.63, 3.8) is 0 Å². The molecule has 1 N–H and O–H groups in total. The minimum absolute atomic E-state index is 0.0407. The van der Waals surface area contributed by atoms with Crippen molar-refractivity contribution in [2.75, 3.05) is 20.2 Å². The van der Waals surface area contributed by atoms with Gasteiger partial charge in [-0.1, -0.05) is 12.1 Å². The van der Waals surface area contributed by atoms with Gasteiger partial charge >= 0.3 is 5.97 Å². The topological polar surface area (TPSA) is 66.8 Å². The number of likely N-dealkylation sites (tertiary alicyclic amines) is 1. The first-order chi connectivity index (χ1) is 12.1. The molecule has 0 spiro atoms. The highest BCUT2D eigenvalue weighted by molar-refractivity contribution is 5.96. The second-order valence-corrected chi connectivity index (χ2v) is 6.23. The van der Waals surface area contributed by atoms with Crippen LogP contribution in [0.25, 0.3) is 0 Å². The Morgan fingerprint density at radius 1 is 1.04 bits per heavy atom. The van der Waals surface area contributed by atoms with E-state index in [1.54, 1.807) is 19.2 Å². The minimum atomic E-state index is -0.988. The average Bonchev–Trinajstić information content (AvgIpc) is 2.67. The van der Waals surface area contributed by atoms with E-state index in [9.17, 15) is 9.59 Å². The number of carbonyl (C=O) groups is 2. The molecule has 0 aromatic heterocycles. The number of hydrogen-bond donors (Lipinski definition) is 1. The van der Waals surface area contributed by atoms with Gasteiger partial charge in [0.15, 0.2) is 0 Å². The number of aromatic carboxylic acids is 1. The second kappa shape index (κ2) is 7.38. The van der Waals surface area contributed by atoms with Gasteiger partial charge in [-0.05, 0) is 60.7 Å². The van der Waals surface area contributed by atoms with Gasteiger partial charge in [-0.3, -0.25) is 4.79 Å². The van der Waals surface area contributed by atoms with Gasteiger partial charge in [0.2, 0.25) is 0 Å². The Kier molecular flexibility index (Phi) is 5.03. The first kappa shape index (κ1) is 17.0. The third kappa shape index (κ3) is 3.82. The van der Waals surface area contributed by atoms with Crippen LogP contribution in [0.15, 0.2) is 48.5 Å². The third-order valence-electron chi connectivity index (χ3n) is 4.73. The second-order valence-electron chi connectivity index (χ2n) is 6.23. The molecule has 0 unspecified atom stereocenters. The average molecular weight is 339 g/mol. The van der Waals surface area contributed by atoms with Crippen molar-refractivity contribution >= 4 is 11.9 Å². The van der Waals surface area contributed by atoms with Crippen LogP contribution in [-0.2, 0) is 0 Å². The zero-order valence-electron chi connectivity index (χ0n) is 14.1. The summed E-state index contributed by atoms with van der Waals surface area (Å²) in [5.41, 5.74) is 1.97. The van der Waals surface area contributed by atoms with Crippen LogP contribution in [-0.4, -0.2) is 42.1 Å². The number of methoxy groups -OCH3 is 1. The summed E-state index contributed by atoms with van der Waals surface area (Å²) in [7, 11) is 1.66. The van der Waals surface area contributed by atoms with E-state index in [0.29, 0.717) is 24.6 Å². The van der Waals surface area contributed by atoms with E-state index in [-0.39, 0.29) is 11.5 Å². The fourth-order valence-corrected chi connectivity index (χ4v) is 3.25. The van der Waals surface area contributed by atoms with Crippen LogP contribution < -0.4 is 4.74 Å². The Bertz CT molecular complexity index is 762. The number of carboxylic acids is 1. The summed E-state index contributed by atoms with van der Waals surface area (Å²) in [5, 5.41) is 8.93. The van der Waals surface area contributed by atoms with E-state index in [2.05, 4.69) is 12.1 Å². The molecule has 1 amide bonds. The molecule has 3 rings (SSSR count). The van der Waals surface area contributed by atoms with Crippen LogP contribution in [0.2, 0.25) is 0 Å². The molecule has 2 aromatic rings. The van der Waals surface area contributed by atoms with Gasteiger partial charge in [-0.2, -0.15) is 0 Å². The lowest BCUT2D eigenvalue weighted by Crippen LogP contribution is -2.37. The summed E-state index contributed by atoms with van der Waals surface area (Å²) in [6.45, 7) is 1.39. The van der Waals surface area contributed by atoms with E-state index >= 15 is 0 Å². The Morgan fingerprint density at radius 2 is 1.68 bits per heavy atom. The number of carboxylic acid groups (broad SMARTS) is 1. The molecule has 0 saturated carbocycles. The largest absolute Gasteiger partial charge is 0.497 e. The van der Waals surface area contributed by atoms with Gasteiger partial charge in [-0.15, -0.1) is 0 Å². The summed E-state index contributed by atoms with van der Waals surface area (Å²) in [4.78, 5) is 25.3. The standard InChI is InChI=1S/C20H21NO4/c1-25-18-4-2-3-17(13-18)14-9-11-21(12-10-14)19(22)15-5-7-16(8-6-15)20(23)24/h2-8,13-14H,9-12H2,1H3,(H,23,24). The third-order valence-corrected chi connectivity index (χ3v) is 4.73. The molecule has 2 aromatic carbocycles. The van der Waals surface area contributed by atoms with Crippen molar-refractivity contribution in [1.82, 2.24) is 4.90 Å². The minimum Gasteiger partial charge on any atom is -0.497 e. The molecule has 0 atom stereocenters. The number of nitrogens with zero attached hydrogens (tertiary/aromatic N) is 1. The summed E-state index contributed by atoms with van der Waals surface area (Å²) in [6, 6.07) is 14.2. The Morgan fingerprint density at radius 3 is 2.28 bits per heavy atom. The number of amides is 1. The SMILES string of the molecule is COc1cccc(C2CCN(C(=O)c3ccc(C(=O)O)cc3)CC2)c1. The highest BCUT2D eigenvalue weighted by Crippen LogP contribution is 2.30. The van der Waals surface area contributed by atoms with Crippen LogP contribution in [0.5, 0.6) is 5.75 Å². The Labute approximate surface area is 146 Å². The molecule has 1 aliphatic heterocycles. The van der Waals surface area contributed by atoms with E-state index in [1.807, 2.05) is 17.0 Å². The quantitative estimate of drug-likeness (QED) is 0.927. The molecular weight excluding hydrogens is 318 g/mol. The highest BCUT2D eigenvalue weighted by atomic mass is 16.5. The molecule has 1 saturated heterocycles. The number of ether oxygens (including phenoxy) is 1. The van der Waals surface area contributed by atoms with Crippen molar-refractivity contribution in [3.05, 3.63) is 65.2 Å². The molecule has 5 heteroatoms. The lowest BCUT2D eigenvalue weighted by molar-refractivity contribution is 0.0689. The van der Waals surface area contributed by atoms with Gasteiger partial charge in [0.25, 0.3) is 5.91 Å². The van der Waals surface area contributed by atoms with Crippen LogP contribution in [0, 0.1) is 0 Å². The molecule has 0 bridgehead atoms. The van der Waals surface area contributed by atoms with Crippen molar-refractivity contribution in [1.29, 1.82) is 0 Å². The monoisotopic (exact) mass is 339 g/mol. The molecule has 1 fully saturated rings. The summed E-state index contributed by atoms with van der Waals surface area (Å²) in [5.74, 6) is 0.252. The maximum atomic E-state index is 12.6. The first-order valence-corrected chi connectivity index (χ1v) is 8.35. The van der Waals surface area contributed by atoms with Crippen molar-refractivity contribution in [2.45, 2.75) is 18.8 Å². The Hall–Kier alpha value is -2.82. The number of benzene rings is 2. The van der Waals surface area contributed by atoms with Gasteiger partial charge in [-0.25, -0.2) is 4.79 Å². The lowest BCUT2D eigenvalue weighted by Gasteiger charge is -2.32. The van der Waals surface area contributed by atoms with Gasteiger partial charge in [0, 0.05) is 18.7 Å². The van der Waals surface area contributed by atoms with Crippen LogP contribution >= 0.6 is 0 Å². The number of carbonyl (C=O) groups excluding carboxylic acids is 1. The van der Waals surface area contributed by atoms with Crippen molar-refractivity contribution in [2.24, 2.45) is 0 Å². The lowest BCUT2D eigenvalue weighted by atomic mass is 9.89. The van der Waals surface area contributed by atoms with E-state index < -0.39 is 5.97 Å². The Balaban J connectivity index is 1.63. The van der Waals surface area contributed by atoms with E-state index in [4.69, 9.17) is 9.84 Å². The zero-order chi connectivity index (χ0) is 17.8. The molecule has 1 aliphatic rings. The van der Waals surface area contributed by atoms with Crippen LogP contribution in [0.3, 0.4) is 0 Å². The predicted molar refractivity (Wildman–Crippen MR) is 94.3 cm³/mol. The number of rotatable bonds is 4. The fraction of sp³-hybridized carbons (Fsp3) is 0.300. The number of piperidine rings is 1. The van der Waals surface area contributed by atoms with Gasteiger partial charge in [0.1, 0.15) is 5.75 Å². The van der Waals surface area contributed by atoms with Crippen LogP contribution in [0.1, 0.15) is 45.0 Å². The van der Waals surface area contributed by atoms with E-state index in [0.717, 1.165) is 18.6 Å². The molecule has 1 heterocycles. The molecular formula is C20H21NO4. The number of hydrogen-bond acceptors (Lipinski definition) is 3. The van der Waals surface area contributed by atoms with Crippen molar-refractivity contribution < 1.29 is 19.4 Å².